The fourth-order valence-corrected chi connectivity index (χ4v) is 2.03. The van der Waals surface area contributed by atoms with Gasteiger partial charge in [-0.15, -0.1) is 0 Å². The molecule has 0 aliphatic heterocycles. The highest BCUT2D eigenvalue weighted by Gasteiger charge is 2.17. The van der Waals surface area contributed by atoms with Crippen molar-refractivity contribution >= 4 is 0 Å². The lowest BCUT2D eigenvalue weighted by atomic mass is 10.1. The van der Waals surface area contributed by atoms with Gasteiger partial charge in [0, 0.05) is 18.8 Å². The number of hydrogen-bond donors (Lipinski definition) is 2. The Morgan fingerprint density at radius 1 is 1.29 bits per heavy atom. The van der Waals surface area contributed by atoms with Gasteiger partial charge in [-0.1, -0.05) is 18.2 Å². The molecule has 0 aliphatic rings. The second kappa shape index (κ2) is 4.86. The zero-order chi connectivity index (χ0) is 15.0. The normalized spacial score (nSPS) is 10.8. The minimum Gasteiger partial charge on any atom is -0.493 e. The van der Waals surface area contributed by atoms with Gasteiger partial charge in [-0.05, 0) is 12.1 Å². The second-order valence-electron chi connectivity index (χ2n) is 4.47. The Morgan fingerprint density at radius 2 is 2.05 bits per heavy atom. The number of aromatic hydroxyl groups is 1. The van der Waals surface area contributed by atoms with Crippen LogP contribution in [0.2, 0.25) is 0 Å². The van der Waals surface area contributed by atoms with Crippen molar-refractivity contribution in [2.24, 2.45) is 7.05 Å². The number of rotatable bonds is 2. The van der Waals surface area contributed by atoms with Gasteiger partial charge >= 0.3 is 0 Å². The van der Waals surface area contributed by atoms with Crippen LogP contribution in [0.4, 0.5) is 4.39 Å². The molecule has 2 heterocycles. The number of aromatic amines is 1. The molecular formula is C14H11FN4O2. The Kier molecular flexibility index (Phi) is 3.02. The first kappa shape index (κ1) is 13.0. The molecule has 0 atom stereocenters. The van der Waals surface area contributed by atoms with E-state index >= 15 is 0 Å². The predicted molar refractivity (Wildman–Crippen MR) is 74.1 cm³/mol. The average Bonchev–Trinajstić information content (AvgIpc) is 2.87. The fraction of sp³-hybridized carbons (Fsp3) is 0.0714. The van der Waals surface area contributed by atoms with Crippen molar-refractivity contribution in [3.05, 3.63) is 52.7 Å². The summed E-state index contributed by atoms with van der Waals surface area (Å²) in [5.74, 6) is -1.02. The number of nitrogens with zero attached hydrogens (tertiary/aromatic N) is 3. The lowest BCUT2D eigenvalue weighted by Crippen LogP contribution is -2.13. The van der Waals surface area contributed by atoms with Gasteiger partial charge in [-0.3, -0.25) is 9.48 Å². The largest absolute Gasteiger partial charge is 0.493 e. The van der Waals surface area contributed by atoms with E-state index in [-0.39, 0.29) is 17.0 Å². The molecule has 2 aromatic heterocycles. The number of aryl methyl sites for hydroxylation is 1. The average molecular weight is 286 g/mol. The number of H-pyrrole nitrogens is 1. The molecule has 2 N–H and O–H groups in total. The standard InChI is InChI=1S/C14H11FN4O2/c1-19-7-6-10(18-19)12-16-13(20)11(14(21)17-12)8-4-2-3-5-9(8)15/h2-7H,1H3,(H2,16,17,20,21). The molecule has 0 spiro atoms. The van der Waals surface area contributed by atoms with E-state index in [1.807, 2.05) is 0 Å². The van der Waals surface area contributed by atoms with E-state index in [2.05, 4.69) is 15.1 Å². The summed E-state index contributed by atoms with van der Waals surface area (Å²) in [5, 5.41) is 14.1. The molecule has 3 aromatic rings. The number of halogens is 1. The van der Waals surface area contributed by atoms with Crippen molar-refractivity contribution in [3.8, 4) is 28.5 Å². The number of benzene rings is 1. The van der Waals surface area contributed by atoms with Crippen LogP contribution < -0.4 is 5.56 Å². The minimum atomic E-state index is -0.631. The highest BCUT2D eigenvalue weighted by molar-refractivity contribution is 5.69. The lowest BCUT2D eigenvalue weighted by Gasteiger charge is -2.05. The smallest absolute Gasteiger partial charge is 0.263 e. The van der Waals surface area contributed by atoms with Crippen LogP contribution in [-0.4, -0.2) is 24.9 Å². The van der Waals surface area contributed by atoms with E-state index in [1.54, 1.807) is 25.4 Å². The van der Waals surface area contributed by atoms with E-state index in [4.69, 9.17) is 0 Å². The van der Waals surface area contributed by atoms with Gasteiger partial charge in [0.25, 0.3) is 5.56 Å². The fourth-order valence-electron chi connectivity index (χ4n) is 2.03. The van der Waals surface area contributed by atoms with Gasteiger partial charge in [0.2, 0.25) is 5.88 Å². The molecular weight excluding hydrogens is 275 g/mol. The van der Waals surface area contributed by atoms with Gasteiger partial charge in [0.1, 0.15) is 17.1 Å². The topological polar surface area (TPSA) is 83.8 Å². The van der Waals surface area contributed by atoms with E-state index in [0.29, 0.717) is 5.69 Å². The maximum atomic E-state index is 13.8. The minimum absolute atomic E-state index is 0.00341. The zero-order valence-electron chi connectivity index (χ0n) is 11.0. The van der Waals surface area contributed by atoms with Crippen LogP contribution in [0, 0.1) is 5.82 Å². The van der Waals surface area contributed by atoms with E-state index in [9.17, 15) is 14.3 Å². The van der Waals surface area contributed by atoms with Crippen molar-refractivity contribution in [2.75, 3.05) is 0 Å². The van der Waals surface area contributed by atoms with Crippen LogP contribution in [-0.2, 0) is 7.05 Å². The molecule has 0 radical (unpaired) electrons. The molecule has 1 aromatic carbocycles. The summed E-state index contributed by atoms with van der Waals surface area (Å²) in [6, 6.07) is 7.33. The Hall–Kier alpha value is -2.96. The van der Waals surface area contributed by atoms with Crippen molar-refractivity contribution < 1.29 is 9.50 Å². The monoisotopic (exact) mass is 286 g/mol. The molecule has 0 unspecified atom stereocenters. The summed E-state index contributed by atoms with van der Waals surface area (Å²) < 4.78 is 15.3. The van der Waals surface area contributed by atoms with E-state index < -0.39 is 17.3 Å². The quantitative estimate of drug-likeness (QED) is 0.750. The summed E-state index contributed by atoms with van der Waals surface area (Å²) in [5.41, 5.74) is -0.428. The first-order chi connectivity index (χ1) is 10.1. The van der Waals surface area contributed by atoms with Gasteiger partial charge in [-0.2, -0.15) is 10.1 Å². The molecule has 7 heteroatoms. The molecule has 0 aliphatic carbocycles. The third-order valence-electron chi connectivity index (χ3n) is 3.00. The van der Waals surface area contributed by atoms with Crippen LogP contribution in [0.5, 0.6) is 5.88 Å². The summed E-state index contributed by atoms with van der Waals surface area (Å²) in [7, 11) is 1.72. The molecule has 21 heavy (non-hydrogen) atoms. The predicted octanol–water partition coefficient (Wildman–Crippen LogP) is 1.68. The molecule has 0 bridgehead atoms. The summed E-state index contributed by atoms with van der Waals surface area (Å²) in [4.78, 5) is 18.5. The molecule has 106 valence electrons. The summed E-state index contributed by atoms with van der Waals surface area (Å²) in [6.45, 7) is 0. The molecule has 0 saturated carbocycles. The number of aromatic nitrogens is 4. The molecule has 0 amide bonds. The molecule has 0 fully saturated rings. The summed E-state index contributed by atoms with van der Waals surface area (Å²) >= 11 is 0. The third-order valence-corrected chi connectivity index (χ3v) is 3.00. The van der Waals surface area contributed by atoms with Crippen molar-refractivity contribution in [1.29, 1.82) is 0 Å². The first-order valence-corrected chi connectivity index (χ1v) is 6.14. The molecule has 6 nitrogen and oxygen atoms in total. The number of nitrogens with one attached hydrogen (secondary N) is 1. The maximum Gasteiger partial charge on any atom is 0.263 e. The maximum absolute atomic E-state index is 13.8. The first-order valence-electron chi connectivity index (χ1n) is 6.14. The van der Waals surface area contributed by atoms with Gasteiger partial charge < -0.3 is 10.1 Å². The third kappa shape index (κ3) is 2.29. The van der Waals surface area contributed by atoms with Crippen molar-refractivity contribution in [2.45, 2.75) is 0 Å². The SMILES string of the molecule is Cn1ccc(-c2nc(O)c(-c3ccccc3F)c(=O)[nH]2)n1. The van der Waals surface area contributed by atoms with Gasteiger partial charge in [-0.25, -0.2) is 4.39 Å². The summed E-state index contributed by atoms with van der Waals surface area (Å²) in [6.07, 6.45) is 1.68. The van der Waals surface area contributed by atoms with Gasteiger partial charge in [0.05, 0.1) is 0 Å². The van der Waals surface area contributed by atoms with E-state index in [1.165, 1.54) is 22.9 Å². The number of hydrogen-bond acceptors (Lipinski definition) is 4. The highest BCUT2D eigenvalue weighted by Crippen LogP contribution is 2.27. The molecule has 0 saturated heterocycles. The Labute approximate surface area is 118 Å². The Balaban J connectivity index is 2.18. The van der Waals surface area contributed by atoms with Crippen LogP contribution >= 0.6 is 0 Å². The Bertz CT molecular complexity index is 869. The van der Waals surface area contributed by atoms with Gasteiger partial charge in [0.15, 0.2) is 5.82 Å². The van der Waals surface area contributed by atoms with Crippen molar-refractivity contribution in [3.63, 3.8) is 0 Å². The second-order valence-corrected chi connectivity index (χ2v) is 4.47. The lowest BCUT2D eigenvalue weighted by molar-refractivity contribution is 0.453. The zero-order valence-corrected chi connectivity index (χ0v) is 11.0. The van der Waals surface area contributed by atoms with Crippen LogP contribution in [0.15, 0.2) is 41.3 Å². The van der Waals surface area contributed by atoms with Crippen LogP contribution in [0.3, 0.4) is 0 Å². The van der Waals surface area contributed by atoms with Crippen LogP contribution in [0.25, 0.3) is 22.6 Å². The van der Waals surface area contributed by atoms with E-state index in [0.717, 1.165) is 0 Å². The molecule has 3 rings (SSSR count). The van der Waals surface area contributed by atoms with Crippen molar-refractivity contribution in [1.82, 2.24) is 19.7 Å². The van der Waals surface area contributed by atoms with Crippen LogP contribution in [0.1, 0.15) is 0 Å². The highest BCUT2D eigenvalue weighted by atomic mass is 19.1. The Morgan fingerprint density at radius 3 is 2.67 bits per heavy atom.